The van der Waals surface area contributed by atoms with E-state index in [1.165, 1.54) is 0 Å². The van der Waals surface area contributed by atoms with Gasteiger partial charge in [-0.2, -0.15) is 0 Å². The molecule has 2 rings (SSSR count). The highest BCUT2D eigenvalue weighted by molar-refractivity contribution is 9.10. The third kappa shape index (κ3) is 3.98. The molecule has 0 radical (unpaired) electrons. The lowest BCUT2D eigenvalue weighted by molar-refractivity contribution is -0.153. The van der Waals surface area contributed by atoms with Crippen LogP contribution in [0.25, 0.3) is 0 Å². The molecule has 0 aromatic heterocycles. The Kier molecular flexibility index (Phi) is 5.27. The van der Waals surface area contributed by atoms with Crippen molar-refractivity contribution in [3.8, 4) is 0 Å². The van der Waals surface area contributed by atoms with E-state index in [-0.39, 0.29) is 12.3 Å². The first kappa shape index (κ1) is 16.3. The average Bonchev–Trinajstić information content (AvgIpc) is 2.43. The van der Waals surface area contributed by atoms with E-state index in [1.807, 2.05) is 0 Å². The minimum Gasteiger partial charge on any atom is -0.481 e. The molecule has 1 fully saturated rings. The molecular weight excluding hydrogens is 358 g/mol. The first-order valence-electron chi connectivity index (χ1n) is 6.91. The van der Waals surface area contributed by atoms with Crippen LogP contribution < -0.4 is 5.32 Å². The lowest BCUT2D eigenvalue weighted by Crippen LogP contribution is -2.37. The molecule has 4 nitrogen and oxygen atoms in total. The minimum absolute atomic E-state index is 0.00523. The van der Waals surface area contributed by atoms with Crippen molar-refractivity contribution in [2.45, 2.75) is 38.5 Å². The van der Waals surface area contributed by atoms with Gasteiger partial charge in [-0.3, -0.25) is 9.59 Å². The van der Waals surface area contributed by atoms with Gasteiger partial charge in [-0.1, -0.05) is 46.8 Å². The fourth-order valence-electron chi connectivity index (χ4n) is 2.79. The van der Waals surface area contributed by atoms with E-state index in [0.29, 0.717) is 23.6 Å². The Hall–Kier alpha value is -1.07. The van der Waals surface area contributed by atoms with Crippen LogP contribution in [0.15, 0.2) is 22.7 Å². The van der Waals surface area contributed by atoms with Crippen molar-refractivity contribution < 1.29 is 14.7 Å². The normalized spacial score (nSPS) is 17.2. The van der Waals surface area contributed by atoms with Crippen molar-refractivity contribution >= 4 is 45.1 Å². The van der Waals surface area contributed by atoms with Crippen LogP contribution >= 0.6 is 27.5 Å². The van der Waals surface area contributed by atoms with E-state index in [0.717, 1.165) is 23.7 Å². The van der Waals surface area contributed by atoms with Crippen LogP contribution in [0.2, 0.25) is 5.02 Å². The summed E-state index contributed by atoms with van der Waals surface area (Å²) >= 11 is 9.35. The zero-order valence-electron chi connectivity index (χ0n) is 11.5. The van der Waals surface area contributed by atoms with Gasteiger partial charge in [0.05, 0.1) is 16.1 Å². The fraction of sp³-hybridized carbons (Fsp3) is 0.467. The maximum atomic E-state index is 12.2. The van der Waals surface area contributed by atoms with Crippen molar-refractivity contribution in [2.75, 3.05) is 5.32 Å². The van der Waals surface area contributed by atoms with Crippen molar-refractivity contribution in [3.05, 3.63) is 27.7 Å². The number of carboxylic acid groups (broad SMARTS) is 1. The molecule has 1 saturated carbocycles. The Balaban J connectivity index is 2.07. The molecule has 0 heterocycles. The standard InChI is InChI=1S/C15H17BrClNO3/c16-10-4-5-12(11(17)8-10)18-13(19)9-15(14(20)21)6-2-1-3-7-15/h4-5,8H,1-3,6-7,9H2,(H,18,19)(H,20,21). The summed E-state index contributed by atoms with van der Waals surface area (Å²) in [7, 11) is 0. The summed E-state index contributed by atoms with van der Waals surface area (Å²) in [6, 6.07) is 5.15. The highest BCUT2D eigenvalue weighted by atomic mass is 79.9. The summed E-state index contributed by atoms with van der Waals surface area (Å²) in [6.07, 6.45) is 3.87. The van der Waals surface area contributed by atoms with Gasteiger partial charge in [-0.15, -0.1) is 0 Å². The van der Waals surface area contributed by atoms with Crippen LogP contribution in [0.5, 0.6) is 0 Å². The summed E-state index contributed by atoms with van der Waals surface area (Å²) in [5.74, 6) is -1.18. The predicted octanol–water partition coefficient (Wildman–Crippen LogP) is 4.47. The monoisotopic (exact) mass is 373 g/mol. The van der Waals surface area contributed by atoms with Crippen LogP contribution in [-0.2, 0) is 9.59 Å². The van der Waals surface area contributed by atoms with Gasteiger partial charge in [0.15, 0.2) is 0 Å². The molecule has 1 amide bonds. The summed E-state index contributed by atoms with van der Waals surface area (Å²) in [5, 5.41) is 12.6. The summed E-state index contributed by atoms with van der Waals surface area (Å²) < 4.78 is 0.819. The molecule has 0 atom stereocenters. The van der Waals surface area contributed by atoms with Gasteiger partial charge in [-0.25, -0.2) is 0 Å². The molecule has 0 aliphatic heterocycles. The van der Waals surface area contributed by atoms with Crippen LogP contribution in [0.1, 0.15) is 38.5 Å². The van der Waals surface area contributed by atoms with E-state index >= 15 is 0 Å². The second kappa shape index (κ2) is 6.79. The number of halogens is 2. The van der Waals surface area contributed by atoms with Crippen LogP contribution in [0, 0.1) is 5.41 Å². The van der Waals surface area contributed by atoms with Crippen molar-refractivity contribution in [1.82, 2.24) is 0 Å². The van der Waals surface area contributed by atoms with Gasteiger partial charge < -0.3 is 10.4 Å². The molecule has 6 heteroatoms. The minimum atomic E-state index is -0.926. The number of hydrogen-bond acceptors (Lipinski definition) is 2. The zero-order valence-corrected chi connectivity index (χ0v) is 13.8. The van der Waals surface area contributed by atoms with Gasteiger partial charge in [-0.05, 0) is 31.0 Å². The van der Waals surface area contributed by atoms with Crippen molar-refractivity contribution in [1.29, 1.82) is 0 Å². The number of carboxylic acids is 1. The summed E-state index contributed by atoms with van der Waals surface area (Å²) in [5.41, 5.74) is -0.425. The topological polar surface area (TPSA) is 66.4 Å². The van der Waals surface area contributed by atoms with E-state index < -0.39 is 11.4 Å². The van der Waals surface area contributed by atoms with Gasteiger partial charge in [0, 0.05) is 10.9 Å². The van der Waals surface area contributed by atoms with Gasteiger partial charge in [0.2, 0.25) is 5.91 Å². The second-order valence-corrected chi connectivity index (χ2v) is 6.82. The van der Waals surface area contributed by atoms with E-state index in [9.17, 15) is 14.7 Å². The first-order valence-corrected chi connectivity index (χ1v) is 8.08. The van der Waals surface area contributed by atoms with Gasteiger partial charge >= 0.3 is 5.97 Å². The molecule has 0 unspecified atom stereocenters. The molecule has 0 spiro atoms. The largest absolute Gasteiger partial charge is 0.481 e. The smallest absolute Gasteiger partial charge is 0.310 e. The molecule has 0 saturated heterocycles. The zero-order chi connectivity index (χ0) is 15.5. The van der Waals surface area contributed by atoms with Crippen molar-refractivity contribution in [2.24, 2.45) is 5.41 Å². The molecule has 1 aromatic carbocycles. The SMILES string of the molecule is O=C(CC1(C(=O)O)CCCCC1)Nc1ccc(Br)cc1Cl. The van der Waals surface area contributed by atoms with Crippen molar-refractivity contribution in [3.63, 3.8) is 0 Å². The highest BCUT2D eigenvalue weighted by Gasteiger charge is 2.41. The maximum absolute atomic E-state index is 12.2. The molecule has 1 aromatic rings. The Morgan fingerprint density at radius 3 is 2.52 bits per heavy atom. The third-order valence-corrected chi connectivity index (χ3v) is 4.77. The lowest BCUT2D eigenvalue weighted by atomic mass is 9.71. The van der Waals surface area contributed by atoms with Gasteiger partial charge in [0.1, 0.15) is 0 Å². The van der Waals surface area contributed by atoms with Crippen LogP contribution in [0.4, 0.5) is 5.69 Å². The maximum Gasteiger partial charge on any atom is 0.310 e. The number of nitrogens with one attached hydrogen (secondary N) is 1. The Morgan fingerprint density at radius 1 is 1.29 bits per heavy atom. The molecule has 2 N–H and O–H groups in total. The van der Waals surface area contributed by atoms with E-state index in [1.54, 1.807) is 18.2 Å². The Bertz CT molecular complexity index is 556. The fourth-order valence-corrected chi connectivity index (χ4v) is 3.51. The predicted molar refractivity (Wildman–Crippen MR) is 85.6 cm³/mol. The molecule has 0 bridgehead atoms. The number of benzene rings is 1. The summed E-state index contributed by atoms with van der Waals surface area (Å²) in [4.78, 5) is 23.7. The number of anilines is 1. The average molecular weight is 375 g/mol. The van der Waals surface area contributed by atoms with Crippen LogP contribution in [0.3, 0.4) is 0 Å². The van der Waals surface area contributed by atoms with Crippen LogP contribution in [-0.4, -0.2) is 17.0 Å². The first-order chi connectivity index (χ1) is 9.93. The number of rotatable bonds is 4. The highest BCUT2D eigenvalue weighted by Crippen LogP contribution is 2.40. The third-order valence-electron chi connectivity index (χ3n) is 3.97. The number of aliphatic carboxylic acids is 1. The number of carbonyl (C=O) groups excluding carboxylic acids is 1. The Labute approximate surface area is 137 Å². The van der Waals surface area contributed by atoms with E-state index in [4.69, 9.17) is 11.6 Å². The Morgan fingerprint density at radius 2 is 1.95 bits per heavy atom. The van der Waals surface area contributed by atoms with E-state index in [2.05, 4.69) is 21.2 Å². The number of amides is 1. The van der Waals surface area contributed by atoms with Gasteiger partial charge in [0.25, 0.3) is 0 Å². The molecule has 1 aliphatic carbocycles. The number of hydrogen-bond donors (Lipinski definition) is 2. The molecule has 1 aliphatic rings. The molecule has 114 valence electrons. The number of carbonyl (C=O) groups is 2. The second-order valence-electron chi connectivity index (χ2n) is 5.50. The lowest BCUT2D eigenvalue weighted by Gasteiger charge is -2.32. The molecular formula is C15H17BrClNO3. The summed E-state index contributed by atoms with van der Waals surface area (Å²) in [6.45, 7) is 0. The quantitative estimate of drug-likeness (QED) is 0.817. The molecule has 21 heavy (non-hydrogen) atoms.